The number of amides is 1. The van der Waals surface area contributed by atoms with Gasteiger partial charge in [-0.05, 0) is 96.7 Å². The lowest BCUT2D eigenvalue weighted by Gasteiger charge is -2.58. The minimum Gasteiger partial charge on any atom is -0.446 e. The molecule has 1 N–H and O–H groups in total. The Bertz CT molecular complexity index is 809. The van der Waals surface area contributed by atoms with E-state index in [2.05, 4.69) is 66.8 Å². The third-order valence-electron chi connectivity index (χ3n) is 11.3. The van der Waals surface area contributed by atoms with Gasteiger partial charge in [-0.25, -0.2) is 4.79 Å². The maximum Gasteiger partial charge on any atom is 0.407 e. The van der Waals surface area contributed by atoms with Crippen LogP contribution in [0.1, 0.15) is 126 Å². The van der Waals surface area contributed by atoms with Crippen molar-refractivity contribution in [3.8, 4) is 0 Å². The van der Waals surface area contributed by atoms with Crippen LogP contribution >= 0.6 is 0 Å². The van der Waals surface area contributed by atoms with Crippen molar-refractivity contribution in [2.24, 2.45) is 51.8 Å². The largest absolute Gasteiger partial charge is 0.446 e. The monoisotopic (exact) mass is 499 g/mol. The van der Waals surface area contributed by atoms with Gasteiger partial charge in [-0.2, -0.15) is 0 Å². The van der Waals surface area contributed by atoms with Gasteiger partial charge in [0.25, 0.3) is 0 Å². The van der Waals surface area contributed by atoms with E-state index in [1.54, 1.807) is 5.57 Å². The topological polar surface area (TPSA) is 38.3 Å². The highest BCUT2D eigenvalue weighted by Crippen LogP contribution is 2.67. The van der Waals surface area contributed by atoms with Crippen molar-refractivity contribution in [2.45, 2.75) is 132 Å². The van der Waals surface area contributed by atoms with Crippen molar-refractivity contribution < 1.29 is 9.53 Å². The van der Waals surface area contributed by atoms with Crippen LogP contribution in [-0.4, -0.2) is 18.7 Å². The molecule has 4 rings (SSSR count). The predicted octanol–water partition coefficient (Wildman–Crippen LogP) is 9.17. The standard InChI is InChI=1S/C33H57NO2/c1-22(2)10-9-11-23(3)27-14-15-28-26-13-12-24-20-25(36-30(35)34-21-31(4,5)6)16-18-32(24,7)29(26)17-19-33(27,28)8/h12,22-23,25-29H,9-11,13-21H2,1-8H3,(H,34,35)/t23-,25+,26+,27-,28+,29+,32+,33-/m1/s1. The number of hydrogen-bond donors (Lipinski definition) is 1. The smallest absolute Gasteiger partial charge is 0.407 e. The summed E-state index contributed by atoms with van der Waals surface area (Å²) in [6.07, 6.45) is 16.8. The molecule has 3 nitrogen and oxygen atoms in total. The fourth-order valence-corrected chi connectivity index (χ4v) is 9.28. The van der Waals surface area contributed by atoms with Crippen LogP contribution in [0.15, 0.2) is 11.6 Å². The Morgan fingerprint density at radius 2 is 1.81 bits per heavy atom. The normalized spacial score (nSPS) is 39.0. The summed E-state index contributed by atoms with van der Waals surface area (Å²) in [4.78, 5) is 12.4. The summed E-state index contributed by atoms with van der Waals surface area (Å²) in [5, 5.41) is 2.98. The first-order valence-corrected chi connectivity index (χ1v) is 15.5. The first-order chi connectivity index (χ1) is 16.8. The molecule has 0 aromatic carbocycles. The molecule has 4 aliphatic rings. The Labute approximate surface area is 223 Å². The molecule has 0 bridgehead atoms. The van der Waals surface area contributed by atoms with E-state index in [-0.39, 0.29) is 17.6 Å². The van der Waals surface area contributed by atoms with Gasteiger partial charge in [0.15, 0.2) is 0 Å². The molecule has 0 unspecified atom stereocenters. The molecular weight excluding hydrogens is 442 g/mol. The van der Waals surface area contributed by atoms with E-state index < -0.39 is 0 Å². The molecule has 0 spiro atoms. The Morgan fingerprint density at radius 3 is 2.50 bits per heavy atom. The van der Waals surface area contributed by atoms with Gasteiger partial charge in [0, 0.05) is 13.0 Å². The number of ether oxygens (including phenoxy) is 1. The average Bonchev–Trinajstić information content (AvgIpc) is 3.14. The summed E-state index contributed by atoms with van der Waals surface area (Å²) < 4.78 is 5.90. The van der Waals surface area contributed by atoms with E-state index in [0.29, 0.717) is 17.4 Å². The summed E-state index contributed by atoms with van der Waals surface area (Å²) in [5.74, 6) is 5.21. The van der Waals surface area contributed by atoms with Crippen molar-refractivity contribution in [3.05, 3.63) is 11.6 Å². The number of rotatable bonds is 7. The zero-order valence-corrected chi connectivity index (χ0v) is 24.9. The Hall–Kier alpha value is -0.990. The summed E-state index contributed by atoms with van der Waals surface area (Å²) in [5.41, 5.74) is 2.54. The summed E-state index contributed by atoms with van der Waals surface area (Å²) in [6, 6.07) is 0. The van der Waals surface area contributed by atoms with Gasteiger partial charge in [0.1, 0.15) is 6.10 Å². The molecule has 3 heteroatoms. The number of allylic oxidation sites excluding steroid dienone is 1. The number of carbonyl (C=O) groups excluding carboxylic acids is 1. The third kappa shape index (κ3) is 5.70. The minimum atomic E-state index is -0.235. The highest BCUT2D eigenvalue weighted by atomic mass is 16.6. The maximum absolute atomic E-state index is 12.4. The van der Waals surface area contributed by atoms with Crippen LogP contribution in [0.5, 0.6) is 0 Å². The van der Waals surface area contributed by atoms with Crippen LogP contribution in [0.25, 0.3) is 0 Å². The lowest BCUT2D eigenvalue weighted by molar-refractivity contribution is -0.0581. The molecule has 3 fully saturated rings. The van der Waals surface area contributed by atoms with Gasteiger partial charge in [-0.3, -0.25) is 0 Å². The van der Waals surface area contributed by atoms with Crippen LogP contribution in [0.2, 0.25) is 0 Å². The van der Waals surface area contributed by atoms with E-state index >= 15 is 0 Å². The molecule has 206 valence electrons. The molecule has 36 heavy (non-hydrogen) atoms. The van der Waals surface area contributed by atoms with Crippen LogP contribution < -0.4 is 5.32 Å². The average molecular weight is 500 g/mol. The first-order valence-electron chi connectivity index (χ1n) is 15.5. The van der Waals surface area contributed by atoms with Gasteiger partial charge in [-0.15, -0.1) is 0 Å². The number of alkyl carbamates (subject to hydrolysis) is 1. The first kappa shape index (κ1) is 28.0. The molecule has 0 radical (unpaired) electrons. The summed E-state index contributed by atoms with van der Waals surface area (Å²) in [6.45, 7) is 19.6. The molecule has 8 atom stereocenters. The second-order valence-electron chi connectivity index (χ2n) is 15.5. The van der Waals surface area contributed by atoms with E-state index in [4.69, 9.17) is 4.74 Å². The van der Waals surface area contributed by atoms with Gasteiger partial charge in [0.05, 0.1) is 0 Å². The SMILES string of the molecule is CC(C)CCC[C@@H](C)[C@H]1CC[C@H]2[C@@H]3CC=C4C[C@@H](OC(=O)NCC(C)(C)C)CC[C@]4(C)[C@H]3CC[C@]12C. The van der Waals surface area contributed by atoms with Crippen molar-refractivity contribution in [2.75, 3.05) is 6.54 Å². The second-order valence-corrected chi connectivity index (χ2v) is 15.5. The van der Waals surface area contributed by atoms with E-state index in [1.165, 1.54) is 57.8 Å². The minimum absolute atomic E-state index is 0.0391. The van der Waals surface area contributed by atoms with Crippen LogP contribution in [0.4, 0.5) is 4.79 Å². The maximum atomic E-state index is 12.4. The van der Waals surface area contributed by atoms with Crippen molar-refractivity contribution >= 4 is 6.09 Å². The fourth-order valence-electron chi connectivity index (χ4n) is 9.28. The zero-order valence-electron chi connectivity index (χ0n) is 24.9. The van der Waals surface area contributed by atoms with Gasteiger partial charge < -0.3 is 10.1 Å². The zero-order chi connectivity index (χ0) is 26.3. The molecule has 0 aromatic rings. The molecule has 0 aliphatic heterocycles. The molecule has 1 amide bonds. The summed E-state index contributed by atoms with van der Waals surface area (Å²) in [7, 11) is 0. The molecular formula is C33H57NO2. The number of fused-ring (bicyclic) bond motifs is 5. The van der Waals surface area contributed by atoms with E-state index in [9.17, 15) is 4.79 Å². The lowest BCUT2D eigenvalue weighted by atomic mass is 9.47. The molecule has 0 saturated heterocycles. The number of hydrogen-bond acceptors (Lipinski definition) is 2. The highest BCUT2D eigenvalue weighted by molar-refractivity contribution is 5.67. The second kappa shape index (κ2) is 10.6. The van der Waals surface area contributed by atoms with E-state index in [1.807, 2.05) is 0 Å². The van der Waals surface area contributed by atoms with E-state index in [0.717, 1.165) is 48.3 Å². The number of carbonyl (C=O) groups is 1. The Kier molecular flexibility index (Phi) is 8.29. The van der Waals surface area contributed by atoms with Crippen LogP contribution in [0, 0.1) is 51.8 Å². The Balaban J connectivity index is 1.39. The third-order valence-corrected chi connectivity index (χ3v) is 11.3. The van der Waals surface area contributed by atoms with Crippen molar-refractivity contribution in [1.29, 1.82) is 0 Å². The quantitative estimate of drug-likeness (QED) is 0.355. The van der Waals surface area contributed by atoms with Gasteiger partial charge >= 0.3 is 6.09 Å². The van der Waals surface area contributed by atoms with Gasteiger partial charge in [0.2, 0.25) is 0 Å². The molecule has 0 aromatic heterocycles. The number of nitrogens with one attached hydrogen (secondary N) is 1. The Morgan fingerprint density at radius 1 is 1.06 bits per heavy atom. The fraction of sp³-hybridized carbons (Fsp3) is 0.909. The highest BCUT2D eigenvalue weighted by Gasteiger charge is 2.59. The summed E-state index contributed by atoms with van der Waals surface area (Å²) >= 11 is 0. The molecule has 4 aliphatic carbocycles. The van der Waals surface area contributed by atoms with Crippen LogP contribution in [0.3, 0.4) is 0 Å². The molecule has 0 heterocycles. The lowest BCUT2D eigenvalue weighted by Crippen LogP contribution is -2.51. The van der Waals surface area contributed by atoms with Crippen molar-refractivity contribution in [1.82, 2.24) is 5.32 Å². The van der Waals surface area contributed by atoms with Crippen LogP contribution in [-0.2, 0) is 4.74 Å². The molecule has 3 saturated carbocycles. The van der Waals surface area contributed by atoms with Gasteiger partial charge in [-0.1, -0.05) is 86.3 Å². The predicted molar refractivity (Wildman–Crippen MR) is 151 cm³/mol. The van der Waals surface area contributed by atoms with Crippen molar-refractivity contribution in [3.63, 3.8) is 0 Å².